The van der Waals surface area contributed by atoms with Crippen molar-refractivity contribution in [2.45, 2.75) is 45.7 Å². The van der Waals surface area contributed by atoms with Gasteiger partial charge in [-0.2, -0.15) is 0 Å². The average Bonchev–Trinajstić information content (AvgIpc) is 3.28. The summed E-state index contributed by atoms with van der Waals surface area (Å²) in [6, 6.07) is 6.35. The Bertz CT molecular complexity index is 894. The van der Waals surface area contributed by atoms with E-state index >= 15 is 0 Å². The van der Waals surface area contributed by atoms with Crippen LogP contribution >= 0.6 is 0 Å². The Morgan fingerprint density at radius 2 is 2.11 bits per heavy atom. The third-order valence-electron chi connectivity index (χ3n) is 4.38. The first-order valence-corrected chi connectivity index (χ1v) is 9.10. The second-order valence-corrected chi connectivity index (χ2v) is 6.61. The van der Waals surface area contributed by atoms with Gasteiger partial charge in [0.25, 0.3) is 0 Å². The monoisotopic (exact) mass is 385 g/mol. The van der Waals surface area contributed by atoms with Gasteiger partial charge in [0.05, 0.1) is 24.1 Å². The molecule has 0 radical (unpaired) electrons. The quantitative estimate of drug-likeness (QED) is 0.576. The number of aryl methyl sites for hydroxylation is 1. The smallest absolute Gasteiger partial charge is 0.416 e. The van der Waals surface area contributed by atoms with Crippen molar-refractivity contribution in [1.29, 1.82) is 0 Å². The Balaban J connectivity index is 1.90. The van der Waals surface area contributed by atoms with Crippen molar-refractivity contribution < 1.29 is 19.1 Å². The Labute approximate surface area is 162 Å². The van der Waals surface area contributed by atoms with E-state index in [1.807, 2.05) is 31.2 Å². The predicted octanol–water partition coefficient (Wildman–Crippen LogP) is 2.71. The van der Waals surface area contributed by atoms with E-state index < -0.39 is 24.1 Å². The van der Waals surface area contributed by atoms with Crippen LogP contribution in [0.3, 0.4) is 0 Å². The Morgan fingerprint density at radius 3 is 2.79 bits per heavy atom. The van der Waals surface area contributed by atoms with Gasteiger partial charge in [0.15, 0.2) is 5.82 Å². The van der Waals surface area contributed by atoms with Gasteiger partial charge in [-0.25, -0.2) is 9.59 Å². The van der Waals surface area contributed by atoms with Crippen molar-refractivity contribution in [3.05, 3.63) is 48.0 Å². The molecule has 148 valence electrons. The van der Waals surface area contributed by atoms with Gasteiger partial charge in [-0.1, -0.05) is 18.7 Å². The summed E-state index contributed by atoms with van der Waals surface area (Å²) in [5, 5.41) is 12.6. The van der Waals surface area contributed by atoms with E-state index in [2.05, 4.69) is 22.0 Å². The van der Waals surface area contributed by atoms with Crippen molar-refractivity contribution in [2.24, 2.45) is 0 Å². The number of tetrazole rings is 1. The van der Waals surface area contributed by atoms with Crippen molar-refractivity contribution >= 4 is 12.1 Å². The van der Waals surface area contributed by atoms with Crippen LogP contribution in [-0.4, -0.2) is 49.8 Å². The van der Waals surface area contributed by atoms with Crippen LogP contribution in [0, 0.1) is 6.92 Å². The van der Waals surface area contributed by atoms with Gasteiger partial charge in [0, 0.05) is 0 Å². The molecule has 2 aromatic rings. The Hall–Kier alpha value is -3.23. The van der Waals surface area contributed by atoms with Crippen molar-refractivity contribution in [1.82, 2.24) is 25.1 Å². The lowest BCUT2D eigenvalue weighted by molar-refractivity contribution is -0.148. The molecule has 0 spiro atoms. The standard InChI is InChI=1S/C19H23N5O4/c1-5-27-18(25)16-10-9-15(23(16)19(26)28-12(2)3)17-20-22-24(21-17)14-8-6-7-13(4)11-14/h6-8,11,15-16H,2,5,9-10H2,1,3-4H3/t15-,16+/m1/s1. The second-order valence-electron chi connectivity index (χ2n) is 6.61. The molecule has 1 amide bonds. The molecule has 1 aromatic heterocycles. The minimum Gasteiger partial charge on any atom is -0.464 e. The maximum Gasteiger partial charge on any atom is 0.416 e. The number of carbonyl (C=O) groups is 2. The number of benzene rings is 1. The number of ether oxygens (including phenoxy) is 2. The van der Waals surface area contributed by atoms with Crippen molar-refractivity contribution in [3.8, 4) is 5.69 Å². The SMILES string of the molecule is C=C(C)OC(=O)N1[C@@H](c2nnn(-c3cccc(C)c3)n2)CC[C@H]1C(=O)OCC. The second kappa shape index (κ2) is 8.20. The van der Waals surface area contributed by atoms with E-state index in [0.29, 0.717) is 18.7 Å². The number of esters is 1. The molecular formula is C19H23N5O4. The third-order valence-corrected chi connectivity index (χ3v) is 4.38. The summed E-state index contributed by atoms with van der Waals surface area (Å²) in [6.45, 7) is 9.07. The number of nitrogens with zero attached hydrogens (tertiary/aromatic N) is 5. The maximum atomic E-state index is 12.6. The number of aromatic nitrogens is 4. The summed E-state index contributed by atoms with van der Waals surface area (Å²) in [5.41, 5.74) is 1.82. The normalized spacial score (nSPS) is 18.8. The molecule has 9 nitrogen and oxygen atoms in total. The fourth-order valence-electron chi connectivity index (χ4n) is 3.21. The van der Waals surface area contributed by atoms with E-state index in [-0.39, 0.29) is 12.4 Å². The van der Waals surface area contributed by atoms with Crippen LogP contribution in [0.5, 0.6) is 0 Å². The van der Waals surface area contributed by atoms with Crippen LogP contribution in [0.1, 0.15) is 44.1 Å². The van der Waals surface area contributed by atoms with E-state index in [1.165, 1.54) is 9.70 Å². The fourth-order valence-corrected chi connectivity index (χ4v) is 3.21. The molecule has 2 heterocycles. The zero-order valence-electron chi connectivity index (χ0n) is 16.2. The summed E-state index contributed by atoms with van der Waals surface area (Å²) >= 11 is 0. The Morgan fingerprint density at radius 1 is 1.32 bits per heavy atom. The van der Waals surface area contributed by atoms with Gasteiger partial charge in [-0.05, 0) is 56.5 Å². The zero-order chi connectivity index (χ0) is 20.3. The van der Waals surface area contributed by atoms with E-state index in [9.17, 15) is 9.59 Å². The molecule has 28 heavy (non-hydrogen) atoms. The van der Waals surface area contributed by atoms with Crippen LogP contribution < -0.4 is 0 Å². The first kappa shape index (κ1) is 19.5. The highest BCUT2D eigenvalue weighted by molar-refractivity contribution is 5.82. The van der Waals surface area contributed by atoms with Crippen LogP contribution in [0.4, 0.5) is 4.79 Å². The summed E-state index contributed by atoms with van der Waals surface area (Å²) < 4.78 is 10.3. The zero-order valence-corrected chi connectivity index (χ0v) is 16.2. The van der Waals surface area contributed by atoms with E-state index in [0.717, 1.165) is 11.3 Å². The molecule has 0 N–H and O–H groups in total. The summed E-state index contributed by atoms with van der Waals surface area (Å²) in [5.74, 6) is 0.0938. The van der Waals surface area contributed by atoms with Crippen LogP contribution in [0.2, 0.25) is 0 Å². The molecule has 9 heteroatoms. The van der Waals surface area contributed by atoms with Gasteiger partial charge in [-0.15, -0.1) is 15.0 Å². The maximum absolute atomic E-state index is 12.6. The number of hydrogen-bond donors (Lipinski definition) is 0. The molecule has 1 fully saturated rings. The van der Waals surface area contributed by atoms with Gasteiger partial charge < -0.3 is 9.47 Å². The predicted molar refractivity (Wildman–Crippen MR) is 99.4 cm³/mol. The Kier molecular flexibility index (Phi) is 5.72. The number of allylic oxidation sites excluding steroid dienone is 1. The van der Waals surface area contributed by atoms with E-state index in [1.54, 1.807) is 13.8 Å². The molecule has 0 unspecified atom stereocenters. The average molecular weight is 385 g/mol. The van der Waals surface area contributed by atoms with Gasteiger partial charge in [-0.3, -0.25) is 4.90 Å². The molecule has 1 aliphatic rings. The van der Waals surface area contributed by atoms with Crippen LogP contribution in [0.15, 0.2) is 36.6 Å². The first-order valence-electron chi connectivity index (χ1n) is 9.10. The van der Waals surface area contributed by atoms with Gasteiger partial charge >= 0.3 is 12.1 Å². The topological polar surface area (TPSA) is 99.4 Å². The van der Waals surface area contributed by atoms with Crippen LogP contribution in [-0.2, 0) is 14.3 Å². The lowest BCUT2D eigenvalue weighted by atomic mass is 10.2. The lowest BCUT2D eigenvalue weighted by Crippen LogP contribution is -2.43. The minimum atomic E-state index is -0.761. The molecule has 0 aliphatic carbocycles. The lowest BCUT2D eigenvalue weighted by Gasteiger charge is -2.26. The molecule has 1 saturated heterocycles. The first-order chi connectivity index (χ1) is 13.4. The molecule has 1 aromatic carbocycles. The minimum absolute atomic E-state index is 0.227. The van der Waals surface area contributed by atoms with Crippen LogP contribution in [0.25, 0.3) is 5.69 Å². The van der Waals surface area contributed by atoms with Crippen molar-refractivity contribution in [3.63, 3.8) is 0 Å². The highest BCUT2D eigenvalue weighted by Crippen LogP contribution is 2.36. The molecule has 0 saturated carbocycles. The summed E-state index contributed by atoms with van der Waals surface area (Å²) in [4.78, 5) is 27.7. The number of rotatable bonds is 5. The highest BCUT2D eigenvalue weighted by Gasteiger charge is 2.45. The third kappa shape index (κ3) is 4.03. The largest absolute Gasteiger partial charge is 0.464 e. The van der Waals surface area contributed by atoms with Crippen molar-refractivity contribution in [2.75, 3.05) is 6.61 Å². The fraction of sp³-hybridized carbons (Fsp3) is 0.421. The molecule has 1 aliphatic heterocycles. The number of amides is 1. The number of likely N-dealkylation sites (tertiary alicyclic amines) is 1. The number of hydrogen-bond acceptors (Lipinski definition) is 7. The van der Waals surface area contributed by atoms with Gasteiger partial charge in [0.2, 0.25) is 0 Å². The number of carbonyl (C=O) groups excluding carboxylic acids is 2. The highest BCUT2D eigenvalue weighted by atomic mass is 16.6. The van der Waals surface area contributed by atoms with Gasteiger partial charge in [0.1, 0.15) is 6.04 Å². The molecule has 0 bridgehead atoms. The molecular weight excluding hydrogens is 362 g/mol. The molecule has 3 rings (SSSR count). The summed E-state index contributed by atoms with van der Waals surface area (Å²) in [7, 11) is 0. The summed E-state index contributed by atoms with van der Waals surface area (Å²) in [6.07, 6.45) is 0.238. The van der Waals surface area contributed by atoms with E-state index in [4.69, 9.17) is 9.47 Å². The molecule has 2 atom stereocenters.